The third kappa shape index (κ3) is 4.91. The second-order valence-corrected chi connectivity index (χ2v) is 6.99. The summed E-state index contributed by atoms with van der Waals surface area (Å²) in [4.78, 5) is 12.1. The normalized spacial score (nSPS) is 10.9. The minimum absolute atomic E-state index is 0.0858. The van der Waals surface area contributed by atoms with E-state index in [1.807, 2.05) is 0 Å². The standard InChI is InChI=1S/C13H12Cl4N4O2S/c1-23-3-2-21-6-18-20-13(21)24-5-9(22)19-12-10(16)7(14)4-8(15)11(12)17/h4,6H,2-3,5H2,1H3,(H,19,22). The Morgan fingerprint density at radius 3 is 2.58 bits per heavy atom. The number of aromatic nitrogens is 3. The molecule has 2 aromatic rings. The number of ether oxygens (including phenoxy) is 1. The van der Waals surface area contributed by atoms with Crippen molar-refractivity contribution in [1.29, 1.82) is 0 Å². The topological polar surface area (TPSA) is 69.0 Å². The van der Waals surface area contributed by atoms with Gasteiger partial charge in [-0.3, -0.25) is 4.79 Å². The lowest BCUT2D eigenvalue weighted by atomic mass is 10.3. The lowest BCUT2D eigenvalue weighted by Crippen LogP contribution is -2.15. The molecule has 0 aliphatic rings. The number of carbonyl (C=O) groups excluding carboxylic acids is 1. The van der Waals surface area contributed by atoms with Crippen LogP contribution < -0.4 is 5.32 Å². The zero-order valence-corrected chi connectivity index (χ0v) is 16.2. The summed E-state index contributed by atoms with van der Waals surface area (Å²) in [5, 5.41) is 11.7. The molecule has 0 aliphatic heterocycles. The molecule has 0 radical (unpaired) electrons. The van der Waals surface area contributed by atoms with Crippen LogP contribution in [0.25, 0.3) is 0 Å². The van der Waals surface area contributed by atoms with Crippen LogP contribution in [0.15, 0.2) is 17.6 Å². The highest BCUT2D eigenvalue weighted by Crippen LogP contribution is 2.41. The van der Waals surface area contributed by atoms with Gasteiger partial charge in [-0.1, -0.05) is 58.2 Å². The first kappa shape index (κ1) is 19.6. The van der Waals surface area contributed by atoms with E-state index in [4.69, 9.17) is 51.1 Å². The van der Waals surface area contributed by atoms with Crippen LogP contribution >= 0.6 is 58.2 Å². The fraction of sp³-hybridized carbons (Fsp3) is 0.308. The lowest BCUT2D eigenvalue weighted by molar-refractivity contribution is -0.113. The van der Waals surface area contributed by atoms with Crippen LogP contribution in [0.5, 0.6) is 0 Å². The van der Waals surface area contributed by atoms with Gasteiger partial charge < -0.3 is 14.6 Å². The summed E-state index contributed by atoms with van der Waals surface area (Å²) in [6, 6.07) is 1.41. The van der Waals surface area contributed by atoms with Crippen LogP contribution in [-0.4, -0.2) is 40.1 Å². The van der Waals surface area contributed by atoms with Crippen molar-refractivity contribution < 1.29 is 9.53 Å². The molecule has 1 heterocycles. The molecule has 0 bridgehead atoms. The molecular weight excluding hydrogens is 418 g/mol. The van der Waals surface area contributed by atoms with Crippen molar-refractivity contribution in [3.63, 3.8) is 0 Å². The van der Waals surface area contributed by atoms with Crippen LogP contribution in [-0.2, 0) is 16.1 Å². The Morgan fingerprint density at radius 2 is 1.96 bits per heavy atom. The van der Waals surface area contributed by atoms with Crippen LogP contribution in [0.4, 0.5) is 5.69 Å². The number of benzene rings is 1. The van der Waals surface area contributed by atoms with E-state index in [0.717, 1.165) is 0 Å². The molecule has 1 amide bonds. The highest BCUT2D eigenvalue weighted by atomic mass is 35.5. The average molecular weight is 430 g/mol. The number of halogens is 4. The average Bonchev–Trinajstić information content (AvgIpc) is 3.00. The van der Waals surface area contributed by atoms with E-state index in [9.17, 15) is 4.79 Å². The quantitative estimate of drug-likeness (QED) is 0.525. The summed E-state index contributed by atoms with van der Waals surface area (Å²) < 4.78 is 6.79. The molecular formula is C13H12Cl4N4O2S. The van der Waals surface area contributed by atoms with Gasteiger partial charge in [0.25, 0.3) is 0 Å². The predicted octanol–water partition coefficient (Wildman–Crippen LogP) is 4.27. The van der Waals surface area contributed by atoms with Crippen LogP contribution in [0, 0.1) is 0 Å². The zero-order valence-electron chi connectivity index (χ0n) is 12.4. The maximum absolute atomic E-state index is 12.1. The fourth-order valence-corrected chi connectivity index (χ4v) is 3.33. The van der Waals surface area contributed by atoms with Crippen molar-refractivity contribution in [3.8, 4) is 0 Å². The molecule has 1 aromatic carbocycles. The summed E-state index contributed by atoms with van der Waals surface area (Å²) >= 11 is 25.2. The third-order valence-corrected chi connectivity index (χ3v) is 5.38. The number of carbonyl (C=O) groups is 1. The monoisotopic (exact) mass is 428 g/mol. The Kier molecular flexibility index (Phi) is 7.46. The first-order valence-corrected chi connectivity index (χ1v) is 9.06. The van der Waals surface area contributed by atoms with Gasteiger partial charge in [-0.25, -0.2) is 0 Å². The molecule has 24 heavy (non-hydrogen) atoms. The van der Waals surface area contributed by atoms with Crippen molar-refractivity contribution in [1.82, 2.24) is 14.8 Å². The Bertz CT molecular complexity index is 715. The summed E-state index contributed by atoms with van der Waals surface area (Å²) in [6.07, 6.45) is 1.57. The highest BCUT2D eigenvalue weighted by Gasteiger charge is 2.17. The van der Waals surface area contributed by atoms with Crippen LogP contribution in [0.1, 0.15) is 0 Å². The van der Waals surface area contributed by atoms with E-state index >= 15 is 0 Å². The maximum Gasteiger partial charge on any atom is 0.234 e. The first-order valence-electron chi connectivity index (χ1n) is 6.56. The second-order valence-electron chi connectivity index (χ2n) is 4.48. The summed E-state index contributed by atoms with van der Waals surface area (Å²) in [6.45, 7) is 1.11. The van der Waals surface area contributed by atoms with E-state index in [1.165, 1.54) is 17.8 Å². The van der Waals surface area contributed by atoms with Gasteiger partial charge in [0.1, 0.15) is 6.33 Å². The molecule has 1 aromatic heterocycles. The molecule has 1 N–H and O–H groups in total. The zero-order chi connectivity index (χ0) is 17.7. The van der Waals surface area contributed by atoms with Crippen LogP contribution in [0.2, 0.25) is 20.1 Å². The Hall–Kier alpha value is -0.700. The molecule has 11 heteroatoms. The number of methoxy groups -OCH3 is 1. The number of nitrogens with one attached hydrogen (secondary N) is 1. The van der Waals surface area contributed by atoms with Crippen LogP contribution in [0.3, 0.4) is 0 Å². The van der Waals surface area contributed by atoms with Crippen molar-refractivity contribution in [2.45, 2.75) is 11.7 Å². The van der Waals surface area contributed by atoms with Gasteiger partial charge in [0, 0.05) is 13.7 Å². The lowest BCUT2D eigenvalue weighted by Gasteiger charge is -2.11. The van der Waals surface area contributed by atoms with E-state index in [0.29, 0.717) is 18.3 Å². The number of thioether (sulfide) groups is 1. The number of rotatable bonds is 7. The Labute approximate surface area is 162 Å². The van der Waals surface area contributed by atoms with E-state index in [1.54, 1.807) is 18.0 Å². The fourth-order valence-electron chi connectivity index (χ4n) is 1.69. The molecule has 0 saturated heterocycles. The molecule has 0 fully saturated rings. The Balaban J connectivity index is 2.01. The summed E-state index contributed by atoms with van der Waals surface area (Å²) in [5.41, 5.74) is 0.183. The van der Waals surface area contributed by atoms with Gasteiger partial charge in [-0.15, -0.1) is 10.2 Å². The third-order valence-electron chi connectivity index (χ3n) is 2.82. The smallest absolute Gasteiger partial charge is 0.234 e. The minimum atomic E-state index is -0.330. The number of hydrogen-bond donors (Lipinski definition) is 1. The SMILES string of the molecule is COCCn1cnnc1SCC(=O)Nc1c(Cl)c(Cl)cc(Cl)c1Cl. The molecule has 0 unspecified atom stereocenters. The van der Waals surface area contributed by atoms with Gasteiger partial charge in [0.2, 0.25) is 5.91 Å². The van der Waals surface area contributed by atoms with E-state index < -0.39 is 0 Å². The molecule has 0 saturated carbocycles. The summed E-state index contributed by atoms with van der Waals surface area (Å²) in [7, 11) is 1.61. The van der Waals surface area contributed by atoms with Gasteiger partial charge >= 0.3 is 0 Å². The van der Waals surface area contributed by atoms with E-state index in [-0.39, 0.29) is 37.4 Å². The maximum atomic E-state index is 12.1. The predicted molar refractivity (Wildman–Crippen MR) is 97.7 cm³/mol. The van der Waals surface area contributed by atoms with Crippen molar-refractivity contribution in [3.05, 3.63) is 32.5 Å². The largest absolute Gasteiger partial charge is 0.383 e. The van der Waals surface area contributed by atoms with E-state index in [2.05, 4.69) is 15.5 Å². The highest BCUT2D eigenvalue weighted by molar-refractivity contribution is 7.99. The number of amides is 1. The number of anilines is 1. The van der Waals surface area contributed by atoms with Crippen molar-refractivity contribution in [2.75, 3.05) is 24.8 Å². The summed E-state index contributed by atoms with van der Waals surface area (Å²) in [5.74, 6) is -0.244. The molecule has 130 valence electrons. The van der Waals surface area contributed by atoms with Gasteiger partial charge in [-0.05, 0) is 6.07 Å². The Morgan fingerprint density at radius 1 is 1.29 bits per heavy atom. The molecule has 0 atom stereocenters. The molecule has 0 spiro atoms. The van der Waals surface area contributed by atoms with Crippen molar-refractivity contribution in [2.24, 2.45) is 0 Å². The first-order chi connectivity index (χ1) is 11.4. The number of hydrogen-bond acceptors (Lipinski definition) is 5. The minimum Gasteiger partial charge on any atom is -0.383 e. The van der Waals surface area contributed by atoms with Gasteiger partial charge in [0.15, 0.2) is 5.16 Å². The molecule has 2 rings (SSSR count). The molecule has 0 aliphatic carbocycles. The van der Waals surface area contributed by atoms with Gasteiger partial charge in [-0.2, -0.15) is 0 Å². The second kappa shape index (κ2) is 9.12. The van der Waals surface area contributed by atoms with Crippen molar-refractivity contribution >= 4 is 69.8 Å². The number of nitrogens with zero attached hydrogens (tertiary/aromatic N) is 3. The van der Waals surface area contributed by atoms with Gasteiger partial charge in [0.05, 0.1) is 38.1 Å². The molecule has 6 nitrogen and oxygen atoms in total.